The quantitative estimate of drug-likeness (QED) is 0.660. The smallest absolute Gasteiger partial charge is 0.00943 e. The molecule has 5 rings (SSSR count). The van der Waals surface area contributed by atoms with Crippen LogP contribution in [-0.4, -0.2) is 0 Å². The Bertz CT molecular complexity index is 434. The lowest BCUT2D eigenvalue weighted by Crippen LogP contribution is -2.07. The lowest BCUT2D eigenvalue weighted by atomic mass is 9.84. The number of hydrogen-bond donors (Lipinski definition) is 0. The fraction of sp³-hybridized carbons (Fsp3) is 0.625. The van der Waals surface area contributed by atoms with E-state index < -0.39 is 0 Å². The molecule has 84 valence electrons. The molecule has 0 amide bonds. The summed E-state index contributed by atoms with van der Waals surface area (Å²) in [4.78, 5) is 0. The largest absolute Gasteiger partial charge is 0.0561 e. The molecule has 4 bridgehead atoms. The van der Waals surface area contributed by atoms with Crippen LogP contribution in [0.1, 0.15) is 41.0 Å². The third-order valence-electron chi connectivity index (χ3n) is 5.54. The van der Waals surface area contributed by atoms with E-state index in [9.17, 15) is 0 Å². The van der Waals surface area contributed by atoms with E-state index in [0.29, 0.717) is 0 Å². The minimum absolute atomic E-state index is 0.940. The zero-order valence-electron chi connectivity index (χ0n) is 10.5. The first-order valence-electron chi connectivity index (χ1n) is 6.74. The lowest BCUT2D eigenvalue weighted by molar-refractivity contribution is 0.524. The van der Waals surface area contributed by atoms with Crippen molar-refractivity contribution >= 4 is 0 Å². The van der Waals surface area contributed by atoms with Gasteiger partial charge in [0.2, 0.25) is 0 Å². The van der Waals surface area contributed by atoms with Crippen LogP contribution in [0, 0.1) is 44.4 Å². The van der Waals surface area contributed by atoms with E-state index in [4.69, 9.17) is 0 Å². The van der Waals surface area contributed by atoms with Crippen molar-refractivity contribution in [2.75, 3.05) is 0 Å². The summed E-state index contributed by atoms with van der Waals surface area (Å²) >= 11 is 0. The zero-order valence-corrected chi connectivity index (χ0v) is 10.5. The van der Waals surface area contributed by atoms with Gasteiger partial charge in [0.05, 0.1) is 0 Å². The van der Waals surface area contributed by atoms with Crippen molar-refractivity contribution in [3.8, 4) is 0 Å². The Hall–Kier alpha value is -0.780. The predicted molar refractivity (Wildman–Crippen MR) is 66.6 cm³/mol. The third-order valence-corrected chi connectivity index (χ3v) is 5.54. The Morgan fingerprint density at radius 1 is 0.938 bits per heavy atom. The highest BCUT2D eigenvalue weighted by atomic mass is 14.7. The number of benzene rings is 1. The molecule has 3 unspecified atom stereocenters. The second-order valence-corrected chi connectivity index (χ2v) is 6.47. The van der Waals surface area contributed by atoms with E-state index in [1.165, 1.54) is 5.56 Å². The van der Waals surface area contributed by atoms with Crippen molar-refractivity contribution < 1.29 is 0 Å². The Balaban J connectivity index is 1.83. The maximum atomic E-state index is 2.38. The molecule has 0 nitrogen and oxygen atoms in total. The van der Waals surface area contributed by atoms with E-state index in [2.05, 4.69) is 32.9 Å². The third kappa shape index (κ3) is 0.965. The predicted octanol–water partition coefficient (Wildman–Crippen LogP) is 3.98. The Kier molecular flexibility index (Phi) is 1.58. The van der Waals surface area contributed by atoms with Crippen LogP contribution in [0.25, 0.3) is 0 Å². The highest BCUT2D eigenvalue weighted by molar-refractivity contribution is 5.44. The van der Waals surface area contributed by atoms with Gasteiger partial charge in [-0.25, -0.2) is 0 Å². The average Bonchev–Trinajstić information content (AvgIpc) is 2.61. The first-order chi connectivity index (χ1) is 7.66. The van der Waals surface area contributed by atoms with Crippen LogP contribution < -0.4 is 0 Å². The van der Waals surface area contributed by atoms with E-state index in [1.54, 1.807) is 29.5 Å². The molecule has 0 aliphatic heterocycles. The van der Waals surface area contributed by atoms with Gasteiger partial charge in [-0.2, -0.15) is 0 Å². The molecule has 4 aliphatic rings. The van der Waals surface area contributed by atoms with Crippen molar-refractivity contribution in [1.82, 2.24) is 0 Å². The minimum atomic E-state index is 0.940. The SMILES string of the molecule is Cc1cc(C)c(C2C3CC4C(C3)C42)c(C)c1. The van der Waals surface area contributed by atoms with Crippen molar-refractivity contribution in [1.29, 1.82) is 0 Å². The van der Waals surface area contributed by atoms with Gasteiger partial charge < -0.3 is 0 Å². The van der Waals surface area contributed by atoms with E-state index in [-0.39, 0.29) is 0 Å². The average molecular weight is 212 g/mol. The van der Waals surface area contributed by atoms with Crippen LogP contribution >= 0.6 is 0 Å². The van der Waals surface area contributed by atoms with Gasteiger partial charge >= 0.3 is 0 Å². The van der Waals surface area contributed by atoms with Crippen molar-refractivity contribution in [3.05, 3.63) is 34.4 Å². The molecule has 0 heterocycles. The zero-order chi connectivity index (χ0) is 11.0. The van der Waals surface area contributed by atoms with Crippen LogP contribution in [0.2, 0.25) is 0 Å². The Morgan fingerprint density at radius 2 is 1.50 bits per heavy atom. The number of rotatable bonds is 1. The Labute approximate surface area is 98.1 Å². The molecule has 0 spiro atoms. The van der Waals surface area contributed by atoms with Gasteiger partial charge in [0.1, 0.15) is 0 Å². The molecule has 1 aromatic carbocycles. The van der Waals surface area contributed by atoms with Crippen LogP contribution in [0.15, 0.2) is 12.1 Å². The summed E-state index contributed by atoms with van der Waals surface area (Å²) in [6, 6.07) is 4.77. The summed E-state index contributed by atoms with van der Waals surface area (Å²) in [7, 11) is 0. The first kappa shape index (κ1) is 9.27. The van der Waals surface area contributed by atoms with Crippen molar-refractivity contribution in [2.24, 2.45) is 23.7 Å². The van der Waals surface area contributed by atoms with Crippen LogP contribution in [-0.2, 0) is 0 Å². The molecule has 1 aromatic rings. The van der Waals surface area contributed by atoms with Gasteiger partial charge in [-0.3, -0.25) is 0 Å². The van der Waals surface area contributed by atoms with Crippen LogP contribution in [0.3, 0.4) is 0 Å². The molecule has 0 radical (unpaired) electrons. The molecular weight excluding hydrogens is 192 g/mol. The number of hydrogen-bond acceptors (Lipinski definition) is 0. The normalized spacial score (nSPS) is 42.8. The fourth-order valence-electron chi connectivity index (χ4n) is 5.22. The molecule has 3 atom stereocenters. The van der Waals surface area contributed by atoms with Gasteiger partial charge in [-0.15, -0.1) is 0 Å². The van der Waals surface area contributed by atoms with E-state index >= 15 is 0 Å². The van der Waals surface area contributed by atoms with Gasteiger partial charge in [-0.05, 0) is 79.9 Å². The van der Waals surface area contributed by atoms with Gasteiger partial charge in [0.15, 0.2) is 0 Å². The standard InChI is InChI=1S/C16H20/c1-8-4-9(2)14(10(3)5-8)15-11-6-12-13(7-11)16(12)15/h4-5,11-13,15-16H,6-7H2,1-3H3. The minimum Gasteiger partial charge on any atom is -0.0561 e. The maximum absolute atomic E-state index is 2.38. The van der Waals surface area contributed by atoms with Gasteiger partial charge in [0, 0.05) is 0 Å². The molecule has 0 heteroatoms. The fourth-order valence-corrected chi connectivity index (χ4v) is 5.22. The molecular formula is C16H20. The summed E-state index contributed by atoms with van der Waals surface area (Å²) in [5.74, 6) is 5.34. The van der Waals surface area contributed by atoms with Gasteiger partial charge in [-0.1, -0.05) is 17.7 Å². The highest BCUT2D eigenvalue weighted by Crippen LogP contribution is 2.76. The lowest BCUT2D eigenvalue weighted by Gasteiger charge is -2.21. The summed E-state index contributed by atoms with van der Waals surface area (Å²) in [6.45, 7) is 6.86. The Morgan fingerprint density at radius 3 is 1.94 bits per heavy atom. The van der Waals surface area contributed by atoms with E-state index in [0.717, 1.165) is 29.6 Å². The summed E-state index contributed by atoms with van der Waals surface area (Å²) in [5.41, 5.74) is 6.26. The molecule has 4 fully saturated rings. The topological polar surface area (TPSA) is 0 Å². The number of aryl methyl sites for hydroxylation is 3. The van der Waals surface area contributed by atoms with Crippen molar-refractivity contribution in [3.63, 3.8) is 0 Å². The molecule has 16 heavy (non-hydrogen) atoms. The van der Waals surface area contributed by atoms with E-state index in [1.807, 2.05) is 0 Å². The maximum Gasteiger partial charge on any atom is -0.00943 e. The van der Waals surface area contributed by atoms with Crippen molar-refractivity contribution in [2.45, 2.75) is 39.5 Å². The molecule has 4 aliphatic carbocycles. The monoisotopic (exact) mass is 212 g/mol. The van der Waals surface area contributed by atoms with Gasteiger partial charge in [0.25, 0.3) is 0 Å². The first-order valence-corrected chi connectivity index (χ1v) is 6.74. The molecule has 0 N–H and O–H groups in total. The second-order valence-electron chi connectivity index (χ2n) is 6.47. The van der Waals surface area contributed by atoms with Crippen LogP contribution in [0.4, 0.5) is 0 Å². The molecule has 0 aromatic heterocycles. The second kappa shape index (κ2) is 2.72. The highest BCUT2D eigenvalue weighted by Gasteiger charge is 2.68. The molecule has 4 saturated carbocycles. The summed E-state index contributed by atoms with van der Waals surface area (Å²) < 4.78 is 0. The summed E-state index contributed by atoms with van der Waals surface area (Å²) in [6.07, 6.45) is 3.10. The molecule has 0 saturated heterocycles. The van der Waals surface area contributed by atoms with Crippen LogP contribution in [0.5, 0.6) is 0 Å². The summed E-state index contributed by atoms with van der Waals surface area (Å²) in [5, 5.41) is 0.